The molecular formula is C38H54N2O10. The van der Waals surface area contributed by atoms with Crippen molar-refractivity contribution in [1.29, 1.82) is 0 Å². The van der Waals surface area contributed by atoms with Crippen LogP contribution in [0.5, 0.6) is 11.5 Å². The zero-order valence-electron chi connectivity index (χ0n) is 29.7. The van der Waals surface area contributed by atoms with Crippen molar-refractivity contribution in [3.63, 3.8) is 0 Å². The first-order valence-electron chi connectivity index (χ1n) is 17.1. The highest BCUT2D eigenvalue weighted by Gasteiger charge is 2.14. The van der Waals surface area contributed by atoms with Crippen LogP contribution < -0.4 is 19.3 Å². The van der Waals surface area contributed by atoms with Crippen molar-refractivity contribution in [3.8, 4) is 36.2 Å². The molecule has 2 heterocycles. The summed E-state index contributed by atoms with van der Waals surface area (Å²) in [7, 11) is 3.29. The summed E-state index contributed by atoms with van der Waals surface area (Å²) in [5.74, 6) is 6.76. The summed E-state index contributed by atoms with van der Waals surface area (Å²) >= 11 is 0. The molecule has 0 bridgehead atoms. The largest absolute Gasteiger partial charge is 0.495 e. The topological polar surface area (TPSA) is 98.8 Å². The summed E-state index contributed by atoms with van der Waals surface area (Å²) in [5, 5.41) is 0. The first-order chi connectivity index (χ1) is 24.7. The SMILES string of the molecule is C#Cc1ccc(N2CCOCCOCCOCCOCC2)c(OC)c1.C#Cc1ccc(N2CCOCCOCCOCCOCC2)c(OC)c1. The molecule has 2 aromatic rings. The molecule has 12 nitrogen and oxygen atoms in total. The smallest absolute Gasteiger partial charge is 0.143 e. The second-order valence-corrected chi connectivity index (χ2v) is 10.9. The fourth-order valence-corrected chi connectivity index (χ4v) is 4.99. The molecule has 0 saturated carbocycles. The number of anilines is 2. The van der Waals surface area contributed by atoms with Gasteiger partial charge in [0.2, 0.25) is 0 Å². The third-order valence-electron chi connectivity index (χ3n) is 7.63. The van der Waals surface area contributed by atoms with Crippen molar-refractivity contribution in [2.75, 3.05) is 156 Å². The van der Waals surface area contributed by atoms with E-state index in [2.05, 4.69) is 21.6 Å². The Morgan fingerprint density at radius 3 is 0.940 bits per heavy atom. The van der Waals surface area contributed by atoms with Crippen LogP contribution in [0.15, 0.2) is 36.4 Å². The summed E-state index contributed by atoms with van der Waals surface area (Å²) in [6.45, 7) is 12.2. The van der Waals surface area contributed by atoms with Gasteiger partial charge in [-0.15, -0.1) is 12.8 Å². The number of terminal acetylenes is 2. The molecule has 2 fully saturated rings. The molecule has 0 spiro atoms. The molecule has 0 aliphatic carbocycles. The van der Waals surface area contributed by atoms with E-state index >= 15 is 0 Å². The van der Waals surface area contributed by atoms with Gasteiger partial charge in [-0.2, -0.15) is 0 Å². The molecule has 4 rings (SSSR count). The summed E-state index contributed by atoms with van der Waals surface area (Å²) in [4.78, 5) is 4.36. The molecule has 0 aromatic heterocycles. The molecule has 2 aliphatic heterocycles. The quantitative estimate of drug-likeness (QED) is 0.439. The Morgan fingerprint density at radius 1 is 0.440 bits per heavy atom. The summed E-state index contributed by atoms with van der Waals surface area (Å²) in [6.07, 6.45) is 11.0. The van der Waals surface area contributed by atoms with Crippen molar-refractivity contribution in [1.82, 2.24) is 0 Å². The van der Waals surface area contributed by atoms with Crippen molar-refractivity contribution in [2.45, 2.75) is 0 Å². The Hall–Kier alpha value is -3.56. The number of benzene rings is 2. The highest BCUT2D eigenvalue weighted by molar-refractivity contribution is 5.62. The second kappa shape index (κ2) is 26.3. The molecule has 276 valence electrons. The van der Waals surface area contributed by atoms with E-state index in [4.69, 9.17) is 60.2 Å². The van der Waals surface area contributed by atoms with Gasteiger partial charge < -0.3 is 57.2 Å². The third-order valence-corrected chi connectivity index (χ3v) is 7.63. The second-order valence-electron chi connectivity index (χ2n) is 10.9. The highest BCUT2D eigenvalue weighted by Crippen LogP contribution is 2.30. The van der Waals surface area contributed by atoms with Gasteiger partial charge in [0.1, 0.15) is 11.5 Å². The van der Waals surface area contributed by atoms with Gasteiger partial charge in [-0.25, -0.2) is 0 Å². The van der Waals surface area contributed by atoms with E-state index in [0.717, 1.165) is 60.2 Å². The van der Waals surface area contributed by atoms with Gasteiger partial charge in [0, 0.05) is 37.3 Å². The average Bonchev–Trinajstić information content (AvgIpc) is 3.17. The number of methoxy groups -OCH3 is 2. The predicted octanol–water partition coefficient (Wildman–Crippen LogP) is 3.13. The molecule has 50 heavy (non-hydrogen) atoms. The van der Waals surface area contributed by atoms with Gasteiger partial charge in [0.15, 0.2) is 0 Å². The maximum Gasteiger partial charge on any atom is 0.143 e. The van der Waals surface area contributed by atoms with Crippen LogP contribution in [0.4, 0.5) is 11.4 Å². The fraction of sp³-hybridized carbons (Fsp3) is 0.579. The van der Waals surface area contributed by atoms with Gasteiger partial charge in [0.05, 0.1) is 131 Å². The molecule has 0 radical (unpaired) electrons. The molecule has 0 amide bonds. The Morgan fingerprint density at radius 2 is 0.700 bits per heavy atom. The number of rotatable bonds is 4. The van der Waals surface area contributed by atoms with Crippen molar-refractivity contribution >= 4 is 11.4 Å². The Labute approximate surface area is 298 Å². The van der Waals surface area contributed by atoms with Gasteiger partial charge >= 0.3 is 0 Å². The average molecular weight is 699 g/mol. The molecule has 2 aliphatic rings. The van der Waals surface area contributed by atoms with Gasteiger partial charge in [-0.3, -0.25) is 0 Å². The lowest BCUT2D eigenvalue weighted by molar-refractivity contribution is 0.00206. The standard InChI is InChI=1S/2C19H27NO5/c2*1-3-17-4-5-18(19(16-17)21-2)20-6-8-22-10-12-24-14-15-25-13-11-23-9-7-20/h2*1,4-5,16H,6-15H2,2H3. The van der Waals surface area contributed by atoms with Crippen molar-refractivity contribution in [2.24, 2.45) is 0 Å². The van der Waals surface area contributed by atoms with Crippen LogP contribution in [-0.4, -0.2) is 146 Å². The maximum atomic E-state index is 5.66. The van der Waals surface area contributed by atoms with Crippen molar-refractivity contribution < 1.29 is 47.4 Å². The van der Waals surface area contributed by atoms with Crippen molar-refractivity contribution in [3.05, 3.63) is 47.5 Å². The first kappa shape index (κ1) is 40.9. The summed E-state index contributed by atoms with van der Waals surface area (Å²) in [6, 6.07) is 11.5. The predicted molar refractivity (Wildman–Crippen MR) is 193 cm³/mol. The zero-order valence-corrected chi connectivity index (χ0v) is 29.7. The van der Waals surface area contributed by atoms with E-state index in [1.165, 1.54) is 0 Å². The molecule has 0 atom stereocenters. The normalized spacial score (nSPS) is 18.6. The van der Waals surface area contributed by atoms with E-state index < -0.39 is 0 Å². The number of ether oxygens (including phenoxy) is 10. The minimum atomic E-state index is 0.567. The molecule has 0 unspecified atom stereocenters. The number of hydrogen-bond donors (Lipinski definition) is 0. The lowest BCUT2D eigenvalue weighted by Crippen LogP contribution is -2.32. The Kier molecular flexibility index (Phi) is 21.5. The van der Waals surface area contributed by atoms with E-state index in [1.807, 2.05) is 36.4 Å². The van der Waals surface area contributed by atoms with E-state index in [9.17, 15) is 0 Å². The third kappa shape index (κ3) is 16.0. The van der Waals surface area contributed by atoms with Crippen LogP contribution >= 0.6 is 0 Å². The Bertz CT molecular complexity index is 1150. The van der Waals surface area contributed by atoms with Crippen LogP contribution in [0, 0.1) is 24.7 Å². The van der Waals surface area contributed by atoms with E-state index in [1.54, 1.807) is 14.2 Å². The molecular weight excluding hydrogens is 644 g/mol. The molecule has 2 aromatic carbocycles. The van der Waals surface area contributed by atoms with Crippen LogP contribution in [0.1, 0.15) is 11.1 Å². The van der Waals surface area contributed by atoms with Crippen LogP contribution in [-0.2, 0) is 37.9 Å². The molecule has 12 heteroatoms. The summed E-state index contributed by atoms with van der Waals surface area (Å²) in [5.41, 5.74) is 3.54. The van der Waals surface area contributed by atoms with E-state index in [-0.39, 0.29) is 0 Å². The number of nitrogens with zero attached hydrogens (tertiary/aromatic N) is 2. The van der Waals surface area contributed by atoms with E-state index in [0.29, 0.717) is 106 Å². The zero-order chi connectivity index (χ0) is 35.5. The summed E-state index contributed by atoms with van der Waals surface area (Å²) < 4.78 is 55.4. The molecule has 2 saturated heterocycles. The van der Waals surface area contributed by atoms with Crippen LogP contribution in [0.3, 0.4) is 0 Å². The lowest BCUT2D eigenvalue weighted by Gasteiger charge is -2.26. The van der Waals surface area contributed by atoms with Crippen LogP contribution in [0.2, 0.25) is 0 Å². The van der Waals surface area contributed by atoms with Crippen LogP contribution in [0.25, 0.3) is 0 Å². The first-order valence-corrected chi connectivity index (χ1v) is 17.1. The number of hydrogen-bond acceptors (Lipinski definition) is 12. The van der Waals surface area contributed by atoms with Gasteiger partial charge in [-0.05, 0) is 36.4 Å². The van der Waals surface area contributed by atoms with Gasteiger partial charge in [0.25, 0.3) is 0 Å². The monoisotopic (exact) mass is 698 g/mol. The van der Waals surface area contributed by atoms with Gasteiger partial charge in [-0.1, -0.05) is 11.8 Å². The lowest BCUT2D eigenvalue weighted by atomic mass is 10.2. The maximum absolute atomic E-state index is 5.66. The Balaban J connectivity index is 0.000000270. The molecule has 0 N–H and O–H groups in total. The minimum absolute atomic E-state index is 0.567. The minimum Gasteiger partial charge on any atom is -0.495 e. The fourth-order valence-electron chi connectivity index (χ4n) is 4.99. The highest BCUT2D eigenvalue weighted by atomic mass is 16.6.